The summed E-state index contributed by atoms with van der Waals surface area (Å²) in [5.41, 5.74) is 1.08. The van der Waals surface area contributed by atoms with Crippen LogP contribution in [0.1, 0.15) is 37.8 Å². The van der Waals surface area contributed by atoms with Gasteiger partial charge in [-0.05, 0) is 44.5 Å². The fourth-order valence-corrected chi connectivity index (χ4v) is 3.41. The third-order valence-corrected chi connectivity index (χ3v) is 4.72. The maximum atomic E-state index is 14.5. The minimum absolute atomic E-state index is 0.174. The molecule has 0 unspecified atom stereocenters. The molecule has 26 heavy (non-hydrogen) atoms. The summed E-state index contributed by atoms with van der Waals surface area (Å²) in [6, 6.07) is 13.0. The van der Waals surface area contributed by atoms with Gasteiger partial charge in [0.05, 0.1) is 13.7 Å². The molecule has 0 N–H and O–H groups in total. The number of methoxy groups -OCH3 is 1. The van der Waals surface area contributed by atoms with Crippen LogP contribution in [0.3, 0.4) is 0 Å². The van der Waals surface area contributed by atoms with Gasteiger partial charge in [-0.1, -0.05) is 36.6 Å². The van der Waals surface area contributed by atoms with Gasteiger partial charge >= 0.3 is 0 Å². The molecule has 1 fully saturated rings. The van der Waals surface area contributed by atoms with Gasteiger partial charge in [0.25, 0.3) is 0 Å². The lowest BCUT2D eigenvalue weighted by molar-refractivity contribution is 0.166. The molecule has 3 nitrogen and oxygen atoms in total. The molecule has 1 atom stereocenters. The summed E-state index contributed by atoms with van der Waals surface area (Å²) in [6.45, 7) is 3.62. The minimum atomic E-state index is -0.484. The number of hydrogen-bond donors (Lipinski definition) is 0. The average molecular weight is 353 g/mol. The first-order chi connectivity index (χ1) is 12.7. The average Bonchev–Trinajstić information content (AvgIpc) is 2.69. The molecule has 0 aliphatic carbocycles. The maximum absolute atomic E-state index is 14.5. The molecule has 0 amide bonds. The highest BCUT2D eigenvalue weighted by atomic mass is 19.1. The fourth-order valence-electron chi connectivity index (χ4n) is 3.41. The van der Waals surface area contributed by atoms with Crippen LogP contribution < -0.4 is 9.47 Å². The monoisotopic (exact) mass is 353 g/mol. The van der Waals surface area contributed by atoms with E-state index in [0.717, 1.165) is 25.1 Å². The molecule has 1 aliphatic heterocycles. The van der Waals surface area contributed by atoms with Crippen LogP contribution in [0.2, 0.25) is 0 Å². The van der Waals surface area contributed by atoms with Crippen LogP contribution in [-0.4, -0.2) is 25.1 Å². The molecule has 1 saturated heterocycles. The minimum Gasteiger partial charge on any atom is -0.494 e. The molecule has 1 aliphatic rings. The SMILES string of the molecule is CC#CCN1CCCC[C@H]1c1ccccc1Oc1cccc(OC)c1F. The lowest BCUT2D eigenvalue weighted by Gasteiger charge is -2.35. The summed E-state index contributed by atoms with van der Waals surface area (Å²) in [5, 5.41) is 0. The molecule has 136 valence electrons. The number of likely N-dealkylation sites (tertiary alicyclic amines) is 1. The lowest BCUT2D eigenvalue weighted by Crippen LogP contribution is -2.33. The highest BCUT2D eigenvalue weighted by molar-refractivity contribution is 5.43. The van der Waals surface area contributed by atoms with E-state index in [1.54, 1.807) is 18.2 Å². The van der Waals surface area contributed by atoms with Crippen molar-refractivity contribution in [3.8, 4) is 29.1 Å². The van der Waals surface area contributed by atoms with Gasteiger partial charge in [0.15, 0.2) is 11.5 Å². The zero-order chi connectivity index (χ0) is 18.4. The molecule has 0 bridgehead atoms. The lowest BCUT2D eigenvalue weighted by atomic mass is 9.94. The maximum Gasteiger partial charge on any atom is 0.207 e. The van der Waals surface area contributed by atoms with E-state index in [0.29, 0.717) is 5.75 Å². The van der Waals surface area contributed by atoms with E-state index >= 15 is 0 Å². The van der Waals surface area contributed by atoms with Gasteiger partial charge in [0.2, 0.25) is 5.82 Å². The number of nitrogens with zero attached hydrogens (tertiary/aromatic N) is 1. The number of halogens is 1. The number of piperidine rings is 1. The summed E-state index contributed by atoms with van der Waals surface area (Å²) in [4.78, 5) is 2.38. The number of para-hydroxylation sites is 1. The molecule has 0 radical (unpaired) electrons. The number of hydrogen-bond acceptors (Lipinski definition) is 3. The van der Waals surface area contributed by atoms with Crippen LogP contribution >= 0.6 is 0 Å². The van der Waals surface area contributed by atoms with Crippen molar-refractivity contribution < 1.29 is 13.9 Å². The Morgan fingerprint density at radius 3 is 2.65 bits per heavy atom. The van der Waals surface area contributed by atoms with Gasteiger partial charge in [0, 0.05) is 11.6 Å². The van der Waals surface area contributed by atoms with E-state index in [-0.39, 0.29) is 17.5 Å². The molecule has 0 saturated carbocycles. The number of ether oxygens (including phenoxy) is 2. The Kier molecular flexibility index (Phi) is 6.14. The van der Waals surface area contributed by atoms with Crippen molar-refractivity contribution in [1.82, 2.24) is 4.90 Å². The van der Waals surface area contributed by atoms with Crippen molar-refractivity contribution in [3.05, 3.63) is 53.8 Å². The summed E-state index contributed by atoms with van der Waals surface area (Å²) < 4.78 is 25.5. The van der Waals surface area contributed by atoms with Crippen molar-refractivity contribution in [2.24, 2.45) is 0 Å². The third-order valence-electron chi connectivity index (χ3n) is 4.72. The fraction of sp³-hybridized carbons (Fsp3) is 0.364. The summed E-state index contributed by atoms with van der Waals surface area (Å²) in [7, 11) is 1.45. The predicted molar refractivity (Wildman–Crippen MR) is 101 cm³/mol. The standard InChI is InChI=1S/C22H24FNO2/c1-3-4-15-24-16-8-7-11-18(24)17-10-5-6-12-19(17)26-21-14-9-13-20(25-2)22(21)23/h5-6,9-10,12-14,18H,7-8,11,15-16H2,1-2H3/t18-/m0/s1. The van der Waals surface area contributed by atoms with Crippen LogP contribution in [0.4, 0.5) is 4.39 Å². The number of rotatable bonds is 5. The van der Waals surface area contributed by atoms with Gasteiger partial charge in [-0.15, -0.1) is 5.92 Å². The summed E-state index contributed by atoms with van der Waals surface area (Å²) in [6.07, 6.45) is 3.39. The summed E-state index contributed by atoms with van der Waals surface area (Å²) in [5.74, 6) is 6.69. The molecule has 3 rings (SSSR count). The molecular formula is C22H24FNO2. The Morgan fingerprint density at radius 1 is 1.08 bits per heavy atom. The number of benzene rings is 2. The molecule has 0 aromatic heterocycles. The topological polar surface area (TPSA) is 21.7 Å². The quantitative estimate of drug-likeness (QED) is 0.692. The Hall–Kier alpha value is -2.51. The highest BCUT2D eigenvalue weighted by Crippen LogP contribution is 2.38. The Morgan fingerprint density at radius 2 is 1.85 bits per heavy atom. The van der Waals surface area contributed by atoms with Crippen LogP contribution in [0.5, 0.6) is 17.2 Å². The molecule has 1 heterocycles. The Balaban J connectivity index is 1.91. The van der Waals surface area contributed by atoms with Gasteiger partial charge < -0.3 is 9.47 Å². The van der Waals surface area contributed by atoms with Crippen molar-refractivity contribution in [2.75, 3.05) is 20.2 Å². The van der Waals surface area contributed by atoms with Gasteiger partial charge in [-0.25, -0.2) is 0 Å². The molecular weight excluding hydrogens is 329 g/mol. The summed E-state index contributed by atoms with van der Waals surface area (Å²) >= 11 is 0. The predicted octanol–water partition coefficient (Wildman–Crippen LogP) is 5.18. The van der Waals surface area contributed by atoms with Crippen molar-refractivity contribution in [1.29, 1.82) is 0 Å². The van der Waals surface area contributed by atoms with E-state index in [2.05, 4.69) is 22.8 Å². The Bertz CT molecular complexity index is 809. The third kappa shape index (κ3) is 4.00. The normalized spacial score (nSPS) is 17.3. The van der Waals surface area contributed by atoms with Crippen LogP contribution in [0.15, 0.2) is 42.5 Å². The first kappa shape index (κ1) is 18.3. The first-order valence-electron chi connectivity index (χ1n) is 8.97. The van der Waals surface area contributed by atoms with E-state index < -0.39 is 5.82 Å². The van der Waals surface area contributed by atoms with Gasteiger partial charge in [-0.2, -0.15) is 4.39 Å². The Labute approximate surface area is 154 Å². The zero-order valence-electron chi connectivity index (χ0n) is 15.3. The van der Waals surface area contributed by atoms with Crippen LogP contribution in [0.25, 0.3) is 0 Å². The second-order valence-electron chi connectivity index (χ2n) is 6.32. The first-order valence-corrected chi connectivity index (χ1v) is 8.97. The van der Waals surface area contributed by atoms with Crippen LogP contribution in [-0.2, 0) is 0 Å². The molecule has 4 heteroatoms. The van der Waals surface area contributed by atoms with Gasteiger partial charge in [0.1, 0.15) is 5.75 Å². The van der Waals surface area contributed by atoms with Crippen molar-refractivity contribution in [2.45, 2.75) is 32.2 Å². The molecule has 2 aromatic rings. The second-order valence-corrected chi connectivity index (χ2v) is 6.32. The largest absolute Gasteiger partial charge is 0.494 e. The zero-order valence-corrected chi connectivity index (χ0v) is 15.3. The smallest absolute Gasteiger partial charge is 0.207 e. The van der Waals surface area contributed by atoms with Gasteiger partial charge in [-0.3, -0.25) is 4.90 Å². The van der Waals surface area contributed by atoms with E-state index in [4.69, 9.17) is 9.47 Å². The van der Waals surface area contributed by atoms with Crippen LogP contribution in [0, 0.1) is 17.7 Å². The van der Waals surface area contributed by atoms with E-state index in [1.807, 2.05) is 25.1 Å². The van der Waals surface area contributed by atoms with E-state index in [9.17, 15) is 4.39 Å². The van der Waals surface area contributed by atoms with Crippen molar-refractivity contribution in [3.63, 3.8) is 0 Å². The van der Waals surface area contributed by atoms with Crippen molar-refractivity contribution >= 4 is 0 Å². The highest BCUT2D eigenvalue weighted by Gasteiger charge is 2.26. The van der Waals surface area contributed by atoms with E-state index in [1.165, 1.54) is 20.0 Å². The molecule has 2 aromatic carbocycles. The second kappa shape index (κ2) is 8.73. The molecule has 0 spiro atoms.